The van der Waals surface area contributed by atoms with Crippen LogP contribution in [0.3, 0.4) is 0 Å². The van der Waals surface area contributed by atoms with Crippen molar-refractivity contribution in [2.45, 2.75) is 31.6 Å². The average molecular weight is 474 g/mol. The minimum absolute atomic E-state index is 0.0105. The van der Waals surface area contributed by atoms with Crippen LogP contribution < -0.4 is 10.6 Å². The first-order chi connectivity index (χ1) is 15.0. The Kier molecular flexibility index (Phi) is 6.10. The fourth-order valence-electron chi connectivity index (χ4n) is 4.50. The number of piperidine rings is 1. The minimum Gasteiger partial charge on any atom is -0.341 e. The molecule has 8 nitrogen and oxygen atoms in total. The van der Waals surface area contributed by atoms with Gasteiger partial charge in [0.25, 0.3) is 0 Å². The molecule has 12 heteroatoms. The highest BCUT2D eigenvalue weighted by atomic mass is 32.2. The molecular formula is C20H26F3N5O3S. The number of benzene rings is 1. The van der Waals surface area contributed by atoms with Crippen molar-refractivity contribution >= 4 is 32.7 Å². The highest BCUT2D eigenvalue weighted by molar-refractivity contribution is 7.90. The number of imidazole rings is 1. The van der Waals surface area contributed by atoms with Crippen molar-refractivity contribution < 1.29 is 26.4 Å². The summed E-state index contributed by atoms with van der Waals surface area (Å²) in [5.41, 5.74) is 6.29. The summed E-state index contributed by atoms with van der Waals surface area (Å²) in [5.74, 6) is -2.23. The Morgan fingerprint density at radius 2 is 1.91 bits per heavy atom. The van der Waals surface area contributed by atoms with Gasteiger partial charge in [-0.3, -0.25) is 4.79 Å². The second kappa shape index (κ2) is 8.54. The molecule has 2 aliphatic rings. The fourth-order valence-corrected chi connectivity index (χ4v) is 5.63. The number of anilines is 1. The number of hydrogen-bond acceptors (Lipinski definition) is 6. The lowest BCUT2D eigenvalue weighted by Gasteiger charge is -2.34. The maximum atomic E-state index is 14.0. The Morgan fingerprint density at radius 1 is 1.19 bits per heavy atom. The number of likely N-dealkylation sites (tertiary alicyclic amines) is 1. The highest BCUT2D eigenvalue weighted by Crippen LogP contribution is 2.28. The van der Waals surface area contributed by atoms with Gasteiger partial charge in [0.2, 0.25) is 11.9 Å². The number of carbonyl (C=O) groups excluding carboxylic acids is 1. The number of nitrogens with zero attached hydrogens (tertiary/aromatic N) is 4. The first-order valence-corrected chi connectivity index (χ1v) is 12.5. The molecule has 0 radical (unpaired) electrons. The van der Waals surface area contributed by atoms with Crippen molar-refractivity contribution in [1.82, 2.24) is 14.5 Å². The first kappa shape index (κ1) is 22.8. The number of alkyl halides is 1. The van der Waals surface area contributed by atoms with Crippen LogP contribution >= 0.6 is 0 Å². The Bertz CT molecular complexity index is 1140. The predicted molar refractivity (Wildman–Crippen MR) is 114 cm³/mol. The average Bonchev–Trinajstić information content (AvgIpc) is 3.28. The molecule has 0 bridgehead atoms. The maximum absolute atomic E-state index is 14.0. The van der Waals surface area contributed by atoms with Gasteiger partial charge in [0.05, 0.1) is 22.8 Å². The molecular weight excluding hydrogens is 447 g/mol. The Hall–Kier alpha value is -2.34. The Balaban J connectivity index is 1.62. The monoisotopic (exact) mass is 473 g/mol. The standard InChI is InChI=1S/C20H26F3N5O3S/c1-32(30,31)11-12-2-4-26(8-12)19(29)10-28-18-7-15(23)14(22)6-17(18)25-20(28)27-5-3-13(21)16(24)9-27/h6-7,12-13,16H,2-5,8-11,24H2,1H3/t12?,13-,16-/m1/s1. The Labute approximate surface area is 184 Å². The second-order valence-corrected chi connectivity index (χ2v) is 10.9. The second-order valence-electron chi connectivity index (χ2n) is 8.75. The van der Waals surface area contributed by atoms with E-state index in [9.17, 15) is 26.4 Å². The van der Waals surface area contributed by atoms with Gasteiger partial charge in [0, 0.05) is 44.6 Å². The molecule has 32 heavy (non-hydrogen) atoms. The van der Waals surface area contributed by atoms with Gasteiger partial charge < -0.3 is 20.1 Å². The number of hydrogen-bond donors (Lipinski definition) is 1. The first-order valence-electron chi connectivity index (χ1n) is 10.5. The number of sulfone groups is 1. The number of aromatic nitrogens is 2. The number of nitrogens with two attached hydrogens (primary N) is 1. The number of carbonyl (C=O) groups is 1. The Morgan fingerprint density at radius 3 is 2.59 bits per heavy atom. The van der Waals surface area contributed by atoms with Crippen molar-refractivity contribution in [3.63, 3.8) is 0 Å². The number of rotatable bonds is 5. The summed E-state index contributed by atoms with van der Waals surface area (Å²) < 4.78 is 66.3. The van der Waals surface area contributed by atoms with E-state index in [1.807, 2.05) is 0 Å². The summed E-state index contributed by atoms with van der Waals surface area (Å²) in [5, 5.41) is 0. The van der Waals surface area contributed by atoms with E-state index < -0.39 is 33.7 Å². The van der Waals surface area contributed by atoms with Crippen LogP contribution in [0.1, 0.15) is 12.8 Å². The molecule has 2 saturated heterocycles. The van der Waals surface area contributed by atoms with Crippen LogP contribution in [0.2, 0.25) is 0 Å². The molecule has 2 aromatic rings. The van der Waals surface area contributed by atoms with E-state index in [0.29, 0.717) is 32.0 Å². The van der Waals surface area contributed by atoms with Crippen LogP contribution in [0.15, 0.2) is 12.1 Å². The molecule has 1 aromatic carbocycles. The van der Waals surface area contributed by atoms with Crippen LogP contribution in [0.4, 0.5) is 19.1 Å². The molecule has 2 aliphatic heterocycles. The van der Waals surface area contributed by atoms with Gasteiger partial charge in [0.1, 0.15) is 22.6 Å². The third-order valence-corrected chi connectivity index (χ3v) is 7.17. The molecule has 1 unspecified atom stereocenters. The van der Waals surface area contributed by atoms with Gasteiger partial charge in [-0.05, 0) is 18.8 Å². The summed E-state index contributed by atoms with van der Waals surface area (Å²) in [6.07, 6.45) is 0.771. The zero-order chi connectivity index (χ0) is 23.2. The summed E-state index contributed by atoms with van der Waals surface area (Å²) in [4.78, 5) is 20.7. The van der Waals surface area contributed by atoms with Crippen molar-refractivity contribution in [3.05, 3.63) is 23.8 Å². The fraction of sp³-hybridized carbons (Fsp3) is 0.600. The lowest BCUT2D eigenvalue weighted by atomic mass is 10.1. The molecule has 3 heterocycles. The topological polar surface area (TPSA) is 102 Å². The normalized spacial score (nSPS) is 24.5. The van der Waals surface area contributed by atoms with E-state index in [2.05, 4.69) is 4.98 Å². The van der Waals surface area contributed by atoms with Crippen LogP contribution in [-0.4, -0.2) is 79.2 Å². The lowest BCUT2D eigenvalue weighted by molar-refractivity contribution is -0.130. The number of fused-ring (bicyclic) bond motifs is 1. The zero-order valence-corrected chi connectivity index (χ0v) is 18.5. The molecule has 2 N–H and O–H groups in total. The molecule has 0 saturated carbocycles. The van der Waals surface area contributed by atoms with Gasteiger partial charge >= 0.3 is 0 Å². The molecule has 3 atom stereocenters. The predicted octanol–water partition coefficient (Wildman–Crippen LogP) is 1.08. The van der Waals surface area contributed by atoms with E-state index in [1.54, 1.807) is 9.80 Å². The van der Waals surface area contributed by atoms with Crippen molar-refractivity contribution in [3.8, 4) is 0 Å². The quantitative estimate of drug-likeness (QED) is 0.698. The van der Waals surface area contributed by atoms with E-state index in [1.165, 1.54) is 10.8 Å². The largest absolute Gasteiger partial charge is 0.341 e. The number of halogens is 3. The maximum Gasteiger partial charge on any atom is 0.242 e. The van der Waals surface area contributed by atoms with E-state index in [4.69, 9.17) is 5.73 Å². The van der Waals surface area contributed by atoms with Crippen LogP contribution in [0.5, 0.6) is 0 Å². The number of amides is 1. The van der Waals surface area contributed by atoms with Crippen LogP contribution in [0.25, 0.3) is 11.0 Å². The third kappa shape index (κ3) is 4.70. The third-order valence-electron chi connectivity index (χ3n) is 6.09. The molecule has 0 spiro atoms. The lowest BCUT2D eigenvalue weighted by Crippen LogP contribution is -2.50. The van der Waals surface area contributed by atoms with Gasteiger partial charge in [-0.2, -0.15) is 0 Å². The van der Waals surface area contributed by atoms with Gasteiger partial charge in [-0.15, -0.1) is 0 Å². The van der Waals surface area contributed by atoms with Gasteiger partial charge in [-0.25, -0.2) is 26.6 Å². The highest BCUT2D eigenvalue weighted by Gasteiger charge is 2.32. The van der Waals surface area contributed by atoms with E-state index >= 15 is 0 Å². The van der Waals surface area contributed by atoms with Crippen molar-refractivity contribution in [2.24, 2.45) is 11.7 Å². The summed E-state index contributed by atoms with van der Waals surface area (Å²) in [7, 11) is -3.15. The SMILES string of the molecule is CS(=O)(=O)CC1CCN(C(=O)Cn2c(N3CC[C@@H](F)[C@H](N)C3)nc3cc(F)c(F)cc32)C1. The summed E-state index contributed by atoms with van der Waals surface area (Å²) in [6, 6.07) is 1.22. The van der Waals surface area contributed by atoms with E-state index in [0.717, 1.165) is 12.1 Å². The van der Waals surface area contributed by atoms with E-state index in [-0.39, 0.29) is 48.1 Å². The molecule has 0 aliphatic carbocycles. The van der Waals surface area contributed by atoms with Crippen molar-refractivity contribution in [1.29, 1.82) is 0 Å². The molecule has 176 valence electrons. The summed E-state index contributed by atoms with van der Waals surface area (Å²) in [6.45, 7) is 1.01. The molecule has 1 amide bonds. The zero-order valence-electron chi connectivity index (χ0n) is 17.7. The molecule has 2 fully saturated rings. The van der Waals surface area contributed by atoms with Crippen molar-refractivity contribution in [2.75, 3.05) is 43.1 Å². The van der Waals surface area contributed by atoms with Crippen LogP contribution in [-0.2, 0) is 21.2 Å². The van der Waals surface area contributed by atoms with Gasteiger partial charge in [0.15, 0.2) is 11.6 Å². The smallest absolute Gasteiger partial charge is 0.242 e. The summed E-state index contributed by atoms with van der Waals surface area (Å²) >= 11 is 0. The van der Waals surface area contributed by atoms with Crippen LogP contribution in [0, 0.1) is 17.6 Å². The minimum atomic E-state index is -3.15. The van der Waals surface area contributed by atoms with Gasteiger partial charge in [-0.1, -0.05) is 0 Å². The molecule has 4 rings (SSSR count). The molecule has 1 aromatic heterocycles.